The number of nitrogens with zero attached hydrogens (tertiary/aromatic N) is 5. The van der Waals surface area contributed by atoms with E-state index in [4.69, 9.17) is 0 Å². The standard InChI is InChI=1S/C17H19N5/c1-14-10-16(20-13-19-14)21(2)12-17-18-8-9-22(17)11-15-6-4-3-5-7-15/h3-10,13H,11-12H2,1-2H3. The van der Waals surface area contributed by atoms with Gasteiger partial charge in [0.25, 0.3) is 0 Å². The highest BCUT2D eigenvalue weighted by Crippen LogP contribution is 2.13. The van der Waals surface area contributed by atoms with Crippen LogP contribution in [0.5, 0.6) is 0 Å². The summed E-state index contributed by atoms with van der Waals surface area (Å²) in [5.41, 5.74) is 2.23. The smallest absolute Gasteiger partial charge is 0.132 e. The Morgan fingerprint density at radius 1 is 1.09 bits per heavy atom. The molecular weight excluding hydrogens is 274 g/mol. The maximum Gasteiger partial charge on any atom is 0.132 e. The lowest BCUT2D eigenvalue weighted by Crippen LogP contribution is -2.21. The van der Waals surface area contributed by atoms with Gasteiger partial charge in [-0.15, -0.1) is 0 Å². The molecule has 1 aromatic carbocycles. The van der Waals surface area contributed by atoms with Crippen LogP contribution in [0, 0.1) is 6.92 Å². The van der Waals surface area contributed by atoms with Crippen LogP contribution >= 0.6 is 0 Å². The van der Waals surface area contributed by atoms with E-state index in [9.17, 15) is 0 Å². The molecule has 3 rings (SSSR count). The van der Waals surface area contributed by atoms with Crippen molar-refractivity contribution in [3.05, 3.63) is 72.2 Å². The number of hydrogen-bond acceptors (Lipinski definition) is 4. The van der Waals surface area contributed by atoms with Crippen molar-refractivity contribution in [2.45, 2.75) is 20.0 Å². The highest BCUT2D eigenvalue weighted by atomic mass is 15.2. The monoisotopic (exact) mass is 293 g/mol. The van der Waals surface area contributed by atoms with Gasteiger partial charge in [-0.05, 0) is 12.5 Å². The number of hydrogen-bond donors (Lipinski definition) is 0. The average molecular weight is 293 g/mol. The first kappa shape index (κ1) is 14.3. The summed E-state index contributed by atoms with van der Waals surface area (Å²) < 4.78 is 2.17. The molecule has 2 aromatic heterocycles. The summed E-state index contributed by atoms with van der Waals surface area (Å²) in [6, 6.07) is 12.4. The van der Waals surface area contributed by atoms with Gasteiger partial charge < -0.3 is 9.47 Å². The first-order chi connectivity index (χ1) is 10.7. The second-order valence-electron chi connectivity index (χ2n) is 5.33. The van der Waals surface area contributed by atoms with E-state index in [1.54, 1.807) is 6.33 Å². The van der Waals surface area contributed by atoms with Crippen LogP contribution in [0.1, 0.15) is 17.1 Å². The molecule has 0 unspecified atom stereocenters. The SMILES string of the molecule is Cc1cc(N(C)Cc2nccn2Cc2ccccc2)ncn1. The minimum atomic E-state index is 0.705. The zero-order valence-electron chi connectivity index (χ0n) is 12.8. The van der Waals surface area contributed by atoms with Gasteiger partial charge in [0.15, 0.2) is 0 Å². The van der Waals surface area contributed by atoms with E-state index >= 15 is 0 Å². The number of aromatic nitrogens is 4. The predicted molar refractivity (Wildman–Crippen MR) is 86.6 cm³/mol. The molecule has 0 bridgehead atoms. The fraction of sp³-hybridized carbons (Fsp3) is 0.235. The van der Waals surface area contributed by atoms with E-state index in [0.717, 1.165) is 23.9 Å². The zero-order chi connectivity index (χ0) is 15.4. The van der Waals surface area contributed by atoms with Crippen molar-refractivity contribution in [2.24, 2.45) is 0 Å². The molecule has 0 saturated carbocycles. The van der Waals surface area contributed by atoms with Gasteiger partial charge in [0.1, 0.15) is 18.0 Å². The summed E-state index contributed by atoms with van der Waals surface area (Å²) in [4.78, 5) is 15.0. The Morgan fingerprint density at radius 3 is 2.68 bits per heavy atom. The highest BCUT2D eigenvalue weighted by molar-refractivity contribution is 5.37. The van der Waals surface area contributed by atoms with Gasteiger partial charge in [-0.25, -0.2) is 15.0 Å². The molecule has 5 nitrogen and oxygen atoms in total. The van der Waals surface area contributed by atoms with Gasteiger partial charge in [-0.3, -0.25) is 0 Å². The summed E-state index contributed by atoms with van der Waals surface area (Å²) in [7, 11) is 2.02. The van der Waals surface area contributed by atoms with Crippen LogP contribution in [0.25, 0.3) is 0 Å². The molecule has 2 heterocycles. The maximum atomic E-state index is 4.48. The summed E-state index contributed by atoms with van der Waals surface area (Å²) >= 11 is 0. The van der Waals surface area contributed by atoms with E-state index in [0.29, 0.717) is 6.54 Å². The average Bonchev–Trinajstić information content (AvgIpc) is 2.95. The van der Waals surface area contributed by atoms with E-state index < -0.39 is 0 Å². The van der Waals surface area contributed by atoms with Crippen molar-refractivity contribution in [1.29, 1.82) is 0 Å². The zero-order valence-corrected chi connectivity index (χ0v) is 12.8. The van der Waals surface area contributed by atoms with Crippen LogP contribution in [0.15, 0.2) is 55.1 Å². The van der Waals surface area contributed by atoms with Crippen molar-refractivity contribution < 1.29 is 0 Å². The van der Waals surface area contributed by atoms with E-state index in [1.165, 1.54) is 5.56 Å². The van der Waals surface area contributed by atoms with Crippen LogP contribution in [0.4, 0.5) is 5.82 Å². The topological polar surface area (TPSA) is 46.8 Å². The molecule has 0 spiro atoms. The lowest BCUT2D eigenvalue weighted by atomic mass is 10.2. The third-order valence-corrected chi connectivity index (χ3v) is 3.56. The number of rotatable bonds is 5. The fourth-order valence-electron chi connectivity index (χ4n) is 2.36. The quantitative estimate of drug-likeness (QED) is 0.725. The first-order valence-electron chi connectivity index (χ1n) is 7.26. The van der Waals surface area contributed by atoms with Crippen molar-refractivity contribution >= 4 is 5.82 Å². The number of anilines is 1. The molecular formula is C17H19N5. The van der Waals surface area contributed by atoms with E-state index in [1.807, 2.05) is 38.5 Å². The minimum Gasteiger partial charge on any atom is -0.352 e. The Kier molecular flexibility index (Phi) is 4.14. The first-order valence-corrected chi connectivity index (χ1v) is 7.26. The molecule has 0 amide bonds. The Bertz CT molecular complexity index is 736. The molecule has 0 aliphatic rings. The molecule has 0 atom stereocenters. The van der Waals surface area contributed by atoms with Crippen LogP contribution in [0.2, 0.25) is 0 Å². The van der Waals surface area contributed by atoms with Gasteiger partial charge in [0.05, 0.1) is 6.54 Å². The predicted octanol–water partition coefficient (Wildman–Crippen LogP) is 2.67. The summed E-state index contributed by atoms with van der Waals surface area (Å²) in [5.74, 6) is 1.92. The second kappa shape index (κ2) is 6.39. The number of aryl methyl sites for hydroxylation is 1. The molecule has 0 aliphatic heterocycles. The molecule has 22 heavy (non-hydrogen) atoms. The van der Waals surface area contributed by atoms with E-state index in [-0.39, 0.29) is 0 Å². The Hall–Kier alpha value is -2.69. The van der Waals surface area contributed by atoms with Crippen LogP contribution in [-0.2, 0) is 13.1 Å². The van der Waals surface area contributed by atoms with Gasteiger partial charge in [-0.1, -0.05) is 30.3 Å². The summed E-state index contributed by atoms with van der Waals surface area (Å²) in [6.45, 7) is 3.50. The molecule has 0 radical (unpaired) electrons. The summed E-state index contributed by atoms with van der Waals surface area (Å²) in [6.07, 6.45) is 5.45. The second-order valence-corrected chi connectivity index (χ2v) is 5.33. The highest BCUT2D eigenvalue weighted by Gasteiger charge is 2.09. The molecule has 0 fully saturated rings. The molecule has 0 saturated heterocycles. The van der Waals surface area contributed by atoms with Crippen molar-refractivity contribution in [3.8, 4) is 0 Å². The molecule has 0 N–H and O–H groups in total. The van der Waals surface area contributed by atoms with Crippen LogP contribution in [0.3, 0.4) is 0 Å². The maximum absolute atomic E-state index is 4.48. The van der Waals surface area contributed by atoms with Crippen molar-refractivity contribution in [2.75, 3.05) is 11.9 Å². The Labute approximate surface area is 130 Å². The molecule has 0 aliphatic carbocycles. The Balaban J connectivity index is 1.75. The number of benzene rings is 1. The lowest BCUT2D eigenvalue weighted by molar-refractivity contribution is 0.703. The summed E-state index contributed by atoms with van der Waals surface area (Å²) in [5, 5.41) is 0. The third-order valence-electron chi connectivity index (χ3n) is 3.56. The minimum absolute atomic E-state index is 0.705. The lowest BCUT2D eigenvalue weighted by Gasteiger charge is -2.18. The van der Waals surface area contributed by atoms with Crippen LogP contribution < -0.4 is 4.90 Å². The van der Waals surface area contributed by atoms with Crippen molar-refractivity contribution in [3.63, 3.8) is 0 Å². The van der Waals surface area contributed by atoms with Crippen molar-refractivity contribution in [1.82, 2.24) is 19.5 Å². The fourth-order valence-corrected chi connectivity index (χ4v) is 2.36. The van der Waals surface area contributed by atoms with Gasteiger partial charge >= 0.3 is 0 Å². The van der Waals surface area contributed by atoms with E-state index in [2.05, 4.69) is 48.7 Å². The van der Waals surface area contributed by atoms with Gasteiger partial charge in [0, 0.05) is 37.7 Å². The molecule has 3 aromatic rings. The largest absolute Gasteiger partial charge is 0.352 e. The molecule has 112 valence electrons. The third kappa shape index (κ3) is 3.31. The van der Waals surface area contributed by atoms with Gasteiger partial charge in [-0.2, -0.15) is 0 Å². The number of imidazole rings is 1. The molecule has 5 heteroatoms. The van der Waals surface area contributed by atoms with Crippen LogP contribution in [-0.4, -0.2) is 26.6 Å². The Morgan fingerprint density at radius 2 is 1.91 bits per heavy atom. The van der Waals surface area contributed by atoms with Gasteiger partial charge in [0.2, 0.25) is 0 Å². The normalized spacial score (nSPS) is 10.6.